The number of halogens is 2. The molecule has 1 unspecified atom stereocenters. The van der Waals surface area contributed by atoms with Crippen molar-refractivity contribution in [3.05, 3.63) is 93.7 Å². The van der Waals surface area contributed by atoms with E-state index in [2.05, 4.69) is 10.3 Å². The number of carbonyl (C=O) groups excluding carboxylic acids is 2. The lowest BCUT2D eigenvalue weighted by Gasteiger charge is -2.35. The third-order valence-corrected chi connectivity index (χ3v) is 5.44. The van der Waals surface area contributed by atoms with Gasteiger partial charge in [0.25, 0.3) is 11.8 Å². The number of hydrogen-bond acceptors (Lipinski definition) is 3. The number of hydrogen-bond donors (Lipinski definition) is 1. The van der Waals surface area contributed by atoms with E-state index >= 15 is 0 Å². The average Bonchev–Trinajstić information content (AvgIpc) is 2.74. The molecular weight excluding hydrogens is 409 g/mol. The molecule has 0 fully saturated rings. The van der Waals surface area contributed by atoms with Gasteiger partial charge in [0.05, 0.1) is 27.9 Å². The van der Waals surface area contributed by atoms with Gasteiger partial charge in [0.2, 0.25) is 0 Å². The van der Waals surface area contributed by atoms with Crippen molar-refractivity contribution in [2.24, 2.45) is 0 Å². The Hall–Kier alpha value is -2.89. The van der Waals surface area contributed by atoms with E-state index in [0.717, 1.165) is 5.56 Å². The van der Waals surface area contributed by atoms with Crippen molar-refractivity contribution < 1.29 is 9.59 Å². The van der Waals surface area contributed by atoms with Crippen LogP contribution in [-0.4, -0.2) is 23.3 Å². The van der Waals surface area contributed by atoms with Gasteiger partial charge in [-0.25, -0.2) is 0 Å². The summed E-state index contributed by atoms with van der Waals surface area (Å²) in [5.74, 6) is -0.411. The van der Waals surface area contributed by atoms with Gasteiger partial charge < -0.3 is 10.2 Å². The lowest BCUT2D eigenvalue weighted by atomic mass is 9.95. The summed E-state index contributed by atoms with van der Waals surface area (Å²) in [5.41, 5.74) is 2.43. The van der Waals surface area contributed by atoms with Crippen LogP contribution in [0.5, 0.6) is 0 Å². The zero-order chi connectivity index (χ0) is 20.4. The number of anilines is 1. The van der Waals surface area contributed by atoms with Gasteiger partial charge >= 0.3 is 0 Å². The number of amides is 2. The molecule has 4 rings (SSSR count). The van der Waals surface area contributed by atoms with Crippen LogP contribution in [0, 0.1) is 0 Å². The molecule has 0 saturated carbocycles. The van der Waals surface area contributed by atoms with Crippen molar-refractivity contribution in [3.8, 4) is 0 Å². The van der Waals surface area contributed by atoms with Gasteiger partial charge in [-0.3, -0.25) is 14.6 Å². The maximum atomic E-state index is 13.0. The fourth-order valence-electron chi connectivity index (χ4n) is 3.47. The second-order valence-corrected chi connectivity index (χ2v) is 7.54. The summed E-state index contributed by atoms with van der Waals surface area (Å²) in [7, 11) is 0. The Bertz CT molecular complexity index is 1070. The monoisotopic (exact) mass is 425 g/mol. The lowest BCUT2D eigenvalue weighted by molar-refractivity contribution is 0.0933. The van der Waals surface area contributed by atoms with Crippen LogP contribution >= 0.6 is 23.2 Å². The summed E-state index contributed by atoms with van der Waals surface area (Å²) in [6.45, 7) is 0.439. The molecule has 146 valence electrons. The summed E-state index contributed by atoms with van der Waals surface area (Å²) >= 11 is 12.4. The third-order valence-electron chi connectivity index (χ3n) is 4.88. The first-order chi connectivity index (χ1) is 14.0. The molecule has 1 N–H and O–H groups in total. The van der Waals surface area contributed by atoms with E-state index in [0.29, 0.717) is 39.8 Å². The Balaban J connectivity index is 1.64. The maximum absolute atomic E-state index is 13.0. The average molecular weight is 426 g/mol. The first-order valence-electron chi connectivity index (χ1n) is 9.11. The summed E-state index contributed by atoms with van der Waals surface area (Å²) in [6, 6.07) is 15.4. The van der Waals surface area contributed by atoms with E-state index in [1.807, 2.05) is 6.07 Å². The van der Waals surface area contributed by atoms with Crippen LogP contribution in [0.2, 0.25) is 10.0 Å². The molecular formula is C22H17Cl2N3O2. The quantitative estimate of drug-likeness (QED) is 0.648. The molecule has 7 heteroatoms. The molecule has 1 aromatic heterocycles. The van der Waals surface area contributed by atoms with Crippen molar-refractivity contribution in [2.75, 3.05) is 11.4 Å². The third kappa shape index (κ3) is 3.97. The van der Waals surface area contributed by atoms with Crippen LogP contribution in [0.1, 0.15) is 38.7 Å². The Kier molecular flexibility index (Phi) is 5.51. The number of fused-ring (bicyclic) bond motifs is 1. The standard InChI is InChI=1S/C22H17Cl2N3O2/c23-15-7-8-17-19(26-21(28)16-5-1-2-6-18(16)24)9-11-27(20(17)12-15)22(29)14-4-3-10-25-13-14/h1-8,10,12-13,19H,9,11H2,(H,26,28). The molecule has 1 atom stereocenters. The zero-order valence-electron chi connectivity index (χ0n) is 15.3. The van der Waals surface area contributed by atoms with Gasteiger partial charge in [-0.2, -0.15) is 0 Å². The van der Waals surface area contributed by atoms with Crippen LogP contribution in [0.15, 0.2) is 67.0 Å². The van der Waals surface area contributed by atoms with Crippen LogP contribution in [0.4, 0.5) is 5.69 Å². The van der Waals surface area contributed by atoms with Crippen LogP contribution in [0.3, 0.4) is 0 Å². The molecule has 2 amide bonds. The predicted octanol–water partition coefficient (Wildman–Crippen LogP) is 4.91. The number of nitrogens with one attached hydrogen (secondary N) is 1. The molecule has 0 bridgehead atoms. The number of pyridine rings is 1. The Labute approximate surface area is 178 Å². The topological polar surface area (TPSA) is 62.3 Å². The minimum absolute atomic E-state index is 0.155. The minimum Gasteiger partial charge on any atom is -0.345 e. The molecule has 0 spiro atoms. The first-order valence-corrected chi connectivity index (χ1v) is 9.87. The number of rotatable bonds is 3. The van der Waals surface area contributed by atoms with Gasteiger partial charge in [-0.15, -0.1) is 0 Å². The highest BCUT2D eigenvalue weighted by atomic mass is 35.5. The SMILES string of the molecule is O=C(NC1CCN(C(=O)c2cccnc2)c2cc(Cl)ccc21)c1ccccc1Cl. The van der Waals surface area contributed by atoms with E-state index < -0.39 is 0 Å². The molecule has 1 aliphatic heterocycles. The first kappa shape index (κ1) is 19.4. The van der Waals surface area contributed by atoms with Crippen molar-refractivity contribution >= 4 is 40.7 Å². The molecule has 29 heavy (non-hydrogen) atoms. The lowest BCUT2D eigenvalue weighted by Crippen LogP contribution is -2.41. The highest BCUT2D eigenvalue weighted by Gasteiger charge is 2.31. The molecule has 0 radical (unpaired) electrons. The smallest absolute Gasteiger partial charge is 0.259 e. The number of carbonyl (C=O) groups is 2. The van der Waals surface area contributed by atoms with Crippen LogP contribution in [-0.2, 0) is 0 Å². The second-order valence-electron chi connectivity index (χ2n) is 6.70. The van der Waals surface area contributed by atoms with Crippen LogP contribution in [0.25, 0.3) is 0 Å². The largest absolute Gasteiger partial charge is 0.345 e. The summed E-state index contributed by atoms with van der Waals surface area (Å²) < 4.78 is 0. The molecule has 2 aromatic carbocycles. The van der Waals surface area contributed by atoms with E-state index in [4.69, 9.17) is 23.2 Å². The Morgan fingerprint density at radius 1 is 1.07 bits per heavy atom. The molecule has 0 saturated heterocycles. The van der Waals surface area contributed by atoms with Gasteiger partial charge in [0.15, 0.2) is 0 Å². The highest BCUT2D eigenvalue weighted by molar-refractivity contribution is 6.33. The molecule has 0 aliphatic carbocycles. The van der Waals surface area contributed by atoms with Gasteiger partial charge in [-0.05, 0) is 48.4 Å². The summed E-state index contributed by atoms with van der Waals surface area (Å²) in [4.78, 5) is 31.4. The zero-order valence-corrected chi connectivity index (χ0v) is 16.8. The maximum Gasteiger partial charge on any atom is 0.259 e. The fourth-order valence-corrected chi connectivity index (χ4v) is 3.85. The molecule has 3 aromatic rings. The summed E-state index contributed by atoms with van der Waals surface area (Å²) in [5, 5.41) is 3.95. The number of nitrogens with zero attached hydrogens (tertiary/aromatic N) is 2. The Morgan fingerprint density at radius 2 is 1.90 bits per heavy atom. The van der Waals surface area contributed by atoms with Crippen molar-refractivity contribution in [1.82, 2.24) is 10.3 Å². The van der Waals surface area contributed by atoms with E-state index in [-0.39, 0.29) is 17.9 Å². The van der Waals surface area contributed by atoms with E-state index in [9.17, 15) is 9.59 Å². The van der Waals surface area contributed by atoms with Crippen molar-refractivity contribution in [1.29, 1.82) is 0 Å². The number of aromatic nitrogens is 1. The Morgan fingerprint density at radius 3 is 2.66 bits per heavy atom. The van der Waals surface area contributed by atoms with Gasteiger partial charge in [0.1, 0.15) is 0 Å². The van der Waals surface area contributed by atoms with Crippen molar-refractivity contribution in [2.45, 2.75) is 12.5 Å². The summed E-state index contributed by atoms with van der Waals surface area (Å²) in [6.07, 6.45) is 3.73. The molecule has 2 heterocycles. The van der Waals surface area contributed by atoms with Gasteiger partial charge in [-0.1, -0.05) is 41.4 Å². The van der Waals surface area contributed by atoms with Gasteiger partial charge in [0, 0.05) is 24.0 Å². The number of benzene rings is 2. The highest BCUT2D eigenvalue weighted by Crippen LogP contribution is 2.37. The fraction of sp³-hybridized carbons (Fsp3) is 0.136. The van der Waals surface area contributed by atoms with Crippen LogP contribution < -0.4 is 10.2 Å². The van der Waals surface area contributed by atoms with Crippen molar-refractivity contribution in [3.63, 3.8) is 0 Å². The second kappa shape index (κ2) is 8.23. The molecule has 1 aliphatic rings. The normalized spacial score (nSPS) is 15.5. The minimum atomic E-state index is -0.260. The molecule has 5 nitrogen and oxygen atoms in total. The van der Waals surface area contributed by atoms with E-state index in [1.54, 1.807) is 59.6 Å². The van der Waals surface area contributed by atoms with E-state index in [1.165, 1.54) is 6.20 Å². The predicted molar refractivity (Wildman–Crippen MR) is 114 cm³/mol.